The molecule has 6 heterocycles. The van der Waals surface area contributed by atoms with Crippen molar-refractivity contribution < 1.29 is 34.2 Å². The molecule has 0 radical (unpaired) electrons. The van der Waals surface area contributed by atoms with Crippen molar-refractivity contribution in [2.45, 2.75) is 59.8 Å². The smallest absolute Gasteiger partial charge is 0.337 e. The number of nitrogen functional groups attached to an aromatic ring is 1. The van der Waals surface area contributed by atoms with Gasteiger partial charge in [-0.25, -0.2) is 24.4 Å². The molecule has 0 fully saturated rings. The van der Waals surface area contributed by atoms with Crippen molar-refractivity contribution in [3.8, 4) is 22.3 Å². The summed E-state index contributed by atoms with van der Waals surface area (Å²) in [6, 6.07) is 27.4. The SMILES string of the molecule is C.CCCCCC(=O)Nc1cccc(C(=O)O)c1Cl.CCCCNC(=O)Nc1cccc(C(=O)c2c[nH]c3ncc(-c4cccnc4)cc23)c1Cl.Nc1cccc(C(=O)O)c1Cl.c1cncc(-c2cnc3[nH]ccc3c2)c1. The van der Waals surface area contributed by atoms with Crippen LogP contribution in [0.5, 0.6) is 0 Å². The largest absolute Gasteiger partial charge is 0.478 e. The third kappa shape index (κ3) is 16.4. The quantitative estimate of drug-likeness (QED) is 0.0270. The molecule has 0 atom stereocenters. The third-order valence-corrected chi connectivity index (χ3v) is 12.5. The van der Waals surface area contributed by atoms with Gasteiger partial charge < -0.3 is 41.9 Å². The number of pyridine rings is 4. The number of carboxylic acid groups (broad SMARTS) is 2. The minimum absolute atomic E-state index is 0. The summed E-state index contributed by atoms with van der Waals surface area (Å²) in [7, 11) is 0. The highest BCUT2D eigenvalue weighted by Crippen LogP contribution is 2.32. The number of anilines is 3. The number of aromatic nitrogens is 6. The molecule has 9 aromatic rings. The Morgan fingerprint density at radius 3 is 1.77 bits per heavy atom. The zero-order chi connectivity index (χ0) is 54.6. The summed E-state index contributed by atoms with van der Waals surface area (Å²) in [6.07, 6.45) is 19.3. The van der Waals surface area contributed by atoms with Crippen LogP contribution in [0.1, 0.15) is 96.4 Å². The molecule has 0 spiro atoms. The number of halogens is 3. The summed E-state index contributed by atoms with van der Waals surface area (Å²) in [4.78, 5) is 81.5. The number of nitrogens with two attached hydrogens (primary N) is 1. The van der Waals surface area contributed by atoms with E-state index in [2.05, 4.69) is 58.8 Å². The van der Waals surface area contributed by atoms with Crippen molar-refractivity contribution in [1.29, 1.82) is 0 Å². The fourth-order valence-electron chi connectivity index (χ4n) is 7.26. The Bertz CT molecular complexity index is 3450. The molecule has 3 aromatic carbocycles. The highest BCUT2D eigenvalue weighted by atomic mass is 35.5. The van der Waals surface area contributed by atoms with E-state index in [-0.39, 0.29) is 57.0 Å². The third-order valence-electron chi connectivity index (χ3n) is 11.2. The number of carboxylic acids is 2. The number of urea groups is 1. The summed E-state index contributed by atoms with van der Waals surface area (Å²) in [6.45, 7) is 4.68. The van der Waals surface area contributed by atoms with Crippen LogP contribution < -0.4 is 21.7 Å². The van der Waals surface area contributed by atoms with E-state index in [1.165, 1.54) is 12.1 Å². The second kappa shape index (κ2) is 29.5. The number of aromatic carboxylic acids is 2. The minimum Gasteiger partial charge on any atom is -0.478 e. The van der Waals surface area contributed by atoms with Gasteiger partial charge in [-0.2, -0.15) is 0 Å². The van der Waals surface area contributed by atoms with Crippen LogP contribution in [-0.2, 0) is 4.79 Å². The molecule has 0 aliphatic carbocycles. The Balaban J connectivity index is 0.000000206. The van der Waals surface area contributed by atoms with Gasteiger partial charge in [0.15, 0.2) is 5.78 Å². The lowest BCUT2D eigenvalue weighted by Gasteiger charge is -2.11. The van der Waals surface area contributed by atoms with Crippen LogP contribution in [0.25, 0.3) is 44.3 Å². The van der Waals surface area contributed by atoms with Gasteiger partial charge in [-0.05, 0) is 79.6 Å². The van der Waals surface area contributed by atoms with Gasteiger partial charge in [0, 0.05) is 107 Å². The molecule has 20 heteroatoms. The van der Waals surface area contributed by atoms with Gasteiger partial charge in [0.2, 0.25) is 5.91 Å². The lowest BCUT2D eigenvalue weighted by atomic mass is 10.0. The first-order valence-corrected chi connectivity index (χ1v) is 25.0. The number of carbonyl (C=O) groups excluding carboxylic acids is 3. The van der Waals surface area contributed by atoms with Crippen molar-refractivity contribution in [3.63, 3.8) is 0 Å². The lowest BCUT2D eigenvalue weighted by molar-refractivity contribution is -0.116. The second-order valence-corrected chi connectivity index (χ2v) is 17.8. The maximum atomic E-state index is 13.4. The number of carbonyl (C=O) groups is 5. The highest BCUT2D eigenvalue weighted by molar-refractivity contribution is 6.38. The number of hydrogen-bond acceptors (Lipinski definition) is 10. The summed E-state index contributed by atoms with van der Waals surface area (Å²) in [5.41, 5.74) is 12.6. The van der Waals surface area contributed by atoms with Gasteiger partial charge in [-0.1, -0.05) is 106 Å². The average molecular weight is 1100 g/mol. The molecular weight excluding hydrogens is 1040 g/mol. The number of fused-ring (bicyclic) bond motifs is 2. The molecule has 0 aliphatic heterocycles. The van der Waals surface area contributed by atoms with Crippen LogP contribution in [0.15, 0.2) is 147 Å². The fourth-order valence-corrected chi connectivity index (χ4v) is 7.98. The van der Waals surface area contributed by atoms with Gasteiger partial charge >= 0.3 is 18.0 Å². The normalized spacial score (nSPS) is 10.3. The molecule has 17 nitrogen and oxygen atoms in total. The standard InChI is InChI=1S/C24H22ClN5O2.C13H16ClNO3.C12H9N3.C7H6ClNO2.CH4/c1-2-3-10-27-24(32)30-20-8-4-7-17(21(20)25)22(31)19-14-29-23-18(19)11-16(13-28-23)15-6-5-9-26-12-15;1-2-3-4-8-11(16)15-10-7-5-6-9(12(10)14)13(17)18;1-2-10(7-13-4-1)11-6-9-3-5-14-12(9)15-8-11;8-6-4(7(10)11)2-1-3-5(6)9;/h4-9,11-14H,2-3,10H2,1H3,(H,28,29)(H2,27,30,32);5-7H,2-4,8H2,1H3,(H,15,16)(H,17,18);1-8H,(H,14,15);1-3H,9H2,(H,10,11);1H4. The first-order chi connectivity index (χ1) is 36.7. The number of rotatable bonds is 15. The van der Waals surface area contributed by atoms with E-state index >= 15 is 0 Å². The summed E-state index contributed by atoms with van der Waals surface area (Å²) >= 11 is 18.0. The van der Waals surface area contributed by atoms with E-state index in [1.54, 1.807) is 73.4 Å². The molecular formula is C57H57Cl3N10O7. The lowest BCUT2D eigenvalue weighted by Crippen LogP contribution is -2.29. The Labute approximate surface area is 459 Å². The van der Waals surface area contributed by atoms with Gasteiger partial charge in [0.05, 0.1) is 43.3 Å². The predicted octanol–water partition coefficient (Wildman–Crippen LogP) is 13.9. The average Bonchev–Trinajstić information content (AvgIpc) is 4.09. The van der Waals surface area contributed by atoms with E-state index in [9.17, 15) is 24.0 Å². The van der Waals surface area contributed by atoms with Crippen molar-refractivity contribution in [2.75, 3.05) is 22.9 Å². The predicted molar refractivity (Wildman–Crippen MR) is 306 cm³/mol. The summed E-state index contributed by atoms with van der Waals surface area (Å²) in [5.74, 6) is -2.58. The molecule has 398 valence electrons. The van der Waals surface area contributed by atoms with Crippen LogP contribution in [-0.4, -0.2) is 76.3 Å². The number of hydrogen-bond donors (Lipinski definition) is 8. The van der Waals surface area contributed by atoms with Crippen LogP contribution in [0.4, 0.5) is 21.9 Å². The molecule has 9 rings (SSSR count). The van der Waals surface area contributed by atoms with E-state index < -0.39 is 11.9 Å². The van der Waals surface area contributed by atoms with Gasteiger partial charge in [0.1, 0.15) is 11.3 Å². The first kappa shape index (κ1) is 59.2. The molecule has 9 N–H and O–H groups in total. The Hall–Kier alpha value is -8.64. The molecule has 0 bridgehead atoms. The number of unbranched alkanes of at least 4 members (excludes halogenated alkanes) is 3. The number of amides is 3. The Kier molecular flexibility index (Phi) is 22.7. The molecule has 0 unspecified atom stereocenters. The zero-order valence-corrected chi connectivity index (χ0v) is 43.5. The molecule has 0 saturated carbocycles. The maximum absolute atomic E-state index is 13.4. The van der Waals surface area contributed by atoms with E-state index in [1.807, 2.05) is 61.9 Å². The Morgan fingerprint density at radius 1 is 0.597 bits per heavy atom. The van der Waals surface area contributed by atoms with Crippen LogP contribution >= 0.6 is 34.8 Å². The van der Waals surface area contributed by atoms with Crippen LogP contribution in [0.2, 0.25) is 15.1 Å². The minimum atomic E-state index is -1.11. The summed E-state index contributed by atoms with van der Waals surface area (Å²) < 4.78 is 0. The van der Waals surface area contributed by atoms with Gasteiger partial charge in [-0.15, -0.1) is 0 Å². The van der Waals surface area contributed by atoms with E-state index in [4.69, 9.17) is 50.7 Å². The van der Waals surface area contributed by atoms with Crippen molar-refractivity contribution >= 4 is 104 Å². The van der Waals surface area contributed by atoms with Crippen molar-refractivity contribution in [1.82, 2.24) is 35.2 Å². The van der Waals surface area contributed by atoms with Crippen molar-refractivity contribution in [3.05, 3.63) is 184 Å². The van der Waals surface area contributed by atoms with E-state index in [0.717, 1.165) is 65.4 Å². The van der Waals surface area contributed by atoms with E-state index in [0.29, 0.717) is 46.5 Å². The number of ketones is 1. The molecule has 6 aromatic heterocycles. The van der Waals surface area contributed by atoms with Gasteiger partial charge in [0.25, 0.3) is 0 Å². The molecule has 0 aliphatic rings. The number of H-pyrrole nitrogens is 2. The topological polar surface area (TPSA) is 271 Å². The second-order valence-electron chi connectivity index (χ2n) is 16.7. The van der Waals surface area contributed by atoms with Gasteiger partial charge in [-0.3, -0.25) is 19.6 Å². The number of benzene rings is 3. The number of aromatic amines is 2. The number of nitrogens with one attached hydrogen (secondary N) is 5. The molecule has 3 amide bonds. The fraction of sp³-hybridized carbons (Fsp3) is 0.175. The maximum Gasteiger partial charge on any atom is 0.337 e. The zero-order valence-electron chi connectivity index (χ0n) is 41.2. The highest BCUT2D eigenvalue weighted by Gasteiger charge is 2.21. The molecule has 77 heavy (non-hydrogen) atoms. The first-order valence-electron chi connectivity index (χ1n) is 23.9. The number of nitrogens with zero attached hydrogens (tertiary/aromatic N) is 4. The van der Waals surface area contributed by atoms with Crippen LogP contribution in [0.3, 0.4) is 0 Å². The summed E-state index contributed by atoms with van der Waals surface area (Å²) in [5, 5.41) is 27.7. The monoisotopic (exact) mass is 1100 g/mol. The van der Waals surface area contributed by atoms with Crippen LogP contribution in [0, 0.1) is 0 Å². The Morgan fingerprint density at radius 2 is 1.17 bits per heavy atom. The van der Waals surface area contributed by atoms with Crippen molar-refractivity contribution in [2.24, 2.45) is 0 Å². The molecule has 0 saturated heterocycles.